The van der Waals surface area contributed by atoms with Crippen LogP contribution in [0.1, 0.15) is 5.69 Å². The predicted octanol–water partition coefficient (Wildman–Crippen LogP) is 2.63. The molecule has 0 amide bonds. The van der Waals surface area contributed by atoms with Gasteiger partial charge in [0.05, 0.1) is 16.8 Å². The Bertz CT molecular complexity index is 835. The van der Waals surface area contributed by atoms with Gasteiger partial charge in [0.1, 0.15) is 5.69 Å². The molecule has 1 aromatic heterocycles. The van der Waals surface area contributed by atoms with E-state index in [1.54, 1.807) is 0 Å². The fourth-order valence-corrected chi connectivity index (χ4v) is 2.94. The Morgan fingerprint density at radius 3 is 2.48 bits per heavy atom. The van der Waals surface area contributed by atoms with Crippen LogP contribution in [0.4, 0.5) is 18.9 Å². The van der Waals surface area contributed by atoms with Crippen LogP contribution < -0.4 is 14.2 Å². The third-order valence-electron chi connectivity index (χ3n) is 2.96. The summed E-state index contributed by atoms with van der Waals surface area (Å²) in [5, 5.41) is 0. The highest BCUT2D eigenvalue weighted by molar-refractivity contribution is 7.92. The number of sulfonamides is 1. The van der Waals surface area contributed by atoms with Gasteiger partial charge >= 0.3 is 6.18 Å². The molecule has 122 valence electrons. The molecule has 0 saturated carbocycles. The second kappa shape index (κ2) is 5.30. The molecule has 1 aromatic carbocycles. The molecule has 2 heterocycles. The monoisotopic (exact) mass is 346 g/mol. The Hall–Kier alpha value is -2.49. The van der Waals surface area contributed by atoms with Crippen LogP contribution in [0.15, 0.2) is 41.4 Å². The third-order valence-corrected chi connectivity index (χ3v) is 4.34. The number of hydrogen-bond acceptors (Lipinski definition) is 5. The fraction of sp³-hybridized carbons (Fsp3) is 0.154. The number of aromatic nitrogens is 1. The Morgan fingerprint density at radius 2 is 1.83 bits per heavy atom. The van der Waals surface area contributed by atoms with Gasteiger partial charge in [-0.2, -0.15) is 13.2 Å². The molecule has 0 atom stereocenters. The van der Waals surface area contributed by atoms with Crippen LogP contribution in [0.5, 0.6) is 11.5 Å². The number of halogens is 3. The summed E-state index contributed by atoms with van der Waals surface area (Å²) >= 11 is 0. The molecular formula is C13H9F3N2O4S. The predicted molar refractivity (Wildman–Crippen MR) is 72.6 cm³/mol. The number of pyridine rings is 1. The van der Waals surface area contributed by atoms with Gasteiger partial charge in [0.25, 0.3) is 10.0 Å². The van der Waals surface area contributed by atoms with E-state index in [0.717, 1.165) is 12.3 Å². The molecule has 0 aliphatic carbocycles. The molecule has 0 fully saturated rings. The van der Waals surface area contributed by atoms with Gasteiger partial charge in [0.2, 0.25) is 6.79 Å². The summed E-state index contributed by atoms with van der Waals surface area (Å²) in [7, 11) is -3.99. The number of rotatable bonds is 3. The van der Waals surface area contributed by atoms with Gasteiger partial charge in [0, 0.05) is 6.07 Å². The zero-order chi connectivity index (χ0) is 16.7. The van der Waals surface area contributed by atoms with E-state index in [1.165, 1.54) is 18.2 Å². The van der Waals surface area contributed by atoms with Crippen LogP contribution in [0.25, 0.3) is 0 Å². The molecule has 6 nitrogen and oxygen atoms in total. The number of alkyl halides is 3. The van der Waals surface area contributed by atoms with Gasteiger partial charge in [-0.05, 0) is 24.3 Å². The van der Waals surface area contributed by atoms with E-state index in [1.807, 2.05) is 0 Å². The van der Waals surface area contributed by atoms with Gasteiger partial charge in [-0.3, -0.25) is 4.72 Å². The molecule has 10 heteroatoms. The lowest BCUT2D eigenvalue weighted by Gasteiger charge is -2.10. The normalized spacial score (nSPS) is 13.9. The van der Waals surface area contributed by atoms with E-state index in [-0.39, 0.29) is 23.1 Å². The van der Waals surface area contributed by atoms with Gasteiger partial charge in [-0.25, -0.2) is 13.4 Å². The van der Waals surface area contributed by atoms with Crippen molar-refractivity contribution >= 4 is 15.7 Å². The van der Waals surface area contributed by atoms with E-state index < -0.39 is 21.9 Å². The summed E-state index contributed by atoms with van der Waals surface area (Å²) in [5.41, 5.74) is -1.20. The Labute approximate surface area is 128 Å². The van der Waals surface area contributed by atoms with Crippen molar-refractivity contribution in [2.75, 3.05) is 11.5 Å². The van der Waals surface area contributed by atoms with Gasteiger partial charge in [-0.1, -0.05) is 0 Å². The van der Waals surface area contributed by atoms with Crippen molar-refractivity contribution in [3.63, 3.8) is 0 Å². The van der Waals surface area contributed by atoms with Crippen molar-refractivity contribution in [1.82, 2.24) is 4.98 Å². The maximum absolute atomic E-state index is 12.4. The minimum Gasteiger partial charge on any atom is -0.454 e. The minimum atomic E-state index is -4.59. The molecule has 0 saturated heterocycles. The smallest absolute Gasteiger partial charge is 0.433 e. The van der Waals surface area contributed by atoms with Crippen molar-refractivity contribution in [3.8, 4) is 11.5 Å². The highest BCUT2D eigenvalue weighted by atomic mass is 32.2. The second-order valence-electron chi connectivity index (χ2n) is 4.55. The topological polar surface area (TPSA) is 77.5 Å². The molecule has 23 heavy (non-hydrogen) atoms. The SMILES string of the molecule is O=S(=O)(Nc1ccc(C(F)(F)F)nc1)c1ccc2c(c1)OCO2. The van der Waals surface area contributed by atoms with Crippen LogP contribution >= 0.6 is 0 Å². The van der Waals surface area contributed by atoms with Crippen molar-refractivity contribution in [3.05, 3.63) is 42.2 Å². The van der Waals surface area contributed by atoms with Gasteiger partial charge < -0.3 is 9.47 Å². The Balaban J connectivity index is 1.84. The van der Waals surface area contributed by atoms with E-state index in [0.29, 0.717) is 11.8 Å². The number of nitrogens with zero attached hydrogens (tertiary/aromatic N) is 1. The molecule has 0 unspecified atom stereocenters. The molecule has 0 bridgehead atoms. The first-order valence-corrected chi connectivity index (χ1v) is 7.70. The molecule has 1 aliphatic heterocycles. The number of ether oxygens (including phenoxy) is 2. The first-order chi connectivity index (χ1) is 10.8. The third kappa shape index (κ3) is 3.16. The van der Waals surface area contributed by atoms with E-state index >= 15 is 0 Å². The molecule has 0 radical (unpaired) electrons. The van der Waals surface area contributed by atoms with Crippen molar-refractivity contribution in [2.24, 2.45) is 0 Å². The Kier molecular flexibility index (Phi) is 3.55. The summed E-state index contributed by atoms with van der Waals surface area (Å²) < 4.78 is 74.0. The lowest BCUT2D eigenvalue weighted by Crippen LogP contribution is -2.14. The average molecular weight is 346 g/mol. The molecule has 3 rings (SSSR count). The standard InChI is InChI=1S/C13H9F3N2O4S/c14-13(15,16)12-4-1-8(6-17-12)18-23(19,20)9-2-3-10-11(5-9)22-7-21-10/h1-6,18H,7H2. The number of fused-ring (bicyclic) bond motifs is 1. The van der Waals surface area contributed by atoms with Crippen LogP contribution in [-0.4, -0.2) is 20.2 Å². The average Bonchev–Trinajstić information content (AvgIpc) is 2.93. The summed E-state index contributed by atoms with van der Waals surface area (Å²) in [4.78, 5) is 3.08. The number of benzene rings is 1. The van der Waals surface area contributed by atoms with Crippen molar-refractivity contribution < 1.29 is 31.1 Å². The Morgan fingerprint density at radius 1 is 1.09 bits per heavy atom. The van der Waals surface area contributed by atoms with E-state index in [2.05, 4.69) is 9.71 Å². The number of anilines is 1. The van der Waals surface area contributed by atoms with Crippen LogP contribution in [0.2, 0.25) is 0 Å². The summed E-state index contributed by atoms with van der Waals surface area (Å²) in [6.45, 7) is -0.00487. The highest BCUT2D eigenvalue weighted by Gasteiger charge is 2.32. The quantitative estimate of drug-likeness (QED) is 0.924. The van der Waals surface area contributed by atoms with E-state index in [9.17, 15) is 21.6 Å². The zero-order valence-electron chi connectivity index (χ0n) is 11.3. The van der Waals surface area contributed by atoms with E-state index in [4.69, 9.17) is 9.47 Å². The lowest BCUT2D eigenvalue weighted by molar-refractivity contribution is -0.141. The molecule has 1 aliphatic rings. The van der Waals surface area contributed by atoms with Crippen molar-refractivity contribution in [1.29, 1.82) is 0 Å². The molecular weight excluding hydrogens is 337 g/mol. The maximum atomic E-state index is 12.4. The second-order valence-corrected chi connectivity index (χ2v) is 6.23. The molecule has 0 spiro atoms. The number of hydrogen-bond donors (Lipinski definition) is 1. The first-order valence-electron chi connectivity index (χ1n) is 6.21. The molecule has 1 N–H and O–H groups in total. The van der Waals surface area contributed by atoms with Gasteiger partial charge in [-0.15, -0.1) is 0 Å². The fourth-order valence-electron chi connectivity index (χ4n) is 1.88. The van der Waals surface area contributed by atoms with Crippen LogP contribution in [-0.2, 0) is 16.2 Å². The summed E-state index contributed by atoms with van der Waals surface area (Å²) in [6, 6.07) is 5.68. The largest absolute Gasteiger partial charge is 0.454 e. The van der Waals surface area contributed by atoms with Crippen molar-refractivity contribution in [2.45, 2.75) is 11.1 Å². The van der Waals surface area contributed by atoms with Crippen LogP contribution in [0.3, 0.4) is 0 Å². The maximum Gasteiger partial charge on any atom is 0.433 e. The minimum absolute atomic E-state index is 0.00487. The highest BCUT2D eigenvalue weighted by Crippen LogP contribution is 2.34. The first kappa shape index (κ1) is 15.4. The molecule has 2 aromatic rings. The summed E-state index contributed by atoms with van der Waals surface area (Å²) in [5.74, 6) is 0.693. The summed E-state index contributed by atoms with van der Waals surface area (Å²) in [6.07, 6.45) is -3.79. The van der Waals surface area contributed by atoms with Crippen LogP contribution in [0, 0.1) is 0 Å². The number of nitrogens with one attached hydrogen (secondary N) is 1. The zero-order valence-corrected chi connectivity index (χ0v) is 12.1. The van der Waals surface area contributed by atoms with Gasteiger partial charge in [0.15, 0.2) is 11.5 Å². The lowest BCUT2D eigenvalue weighted by atomic mass is 10.3.